The molecule has 3 N–H and O–H groups in total. The van der Waals surface area contributed by atoms with E-state index in [0.29, 0.717) is 42.3 Å². The van der Waals surface area contributed by atoms with Crippen LogP contribution in [0.4, 0.5) is 11.4 Å². The molecule has 0 unspecified atom stereocenters. The Kier molecular flexibility index (Phi) is 7.36. The maximum atomic E-state index is 12.5. The van der Waals surface area contributed by atoms with Crippen molar-refractivity contribution in [3.05, 3.63) is 86.9 Å². The maximum absolute atomic E-state index is 12.5. The van der Waals surface area contributed by atoms with E-state index in [2.05, 4.69) is 15.6 Å². The van der Waals surface area contributed by atoms with Crippen LogP contribution in [0.1, 0.15) is 21.3 Å². The number of halogens is 1. The molecule has 1 aliphatic rings. The standard InChI is InChI=1S/C24H17ClN4O5S3/c25-14-4-1-12(2-5-14)21(30)26-15-6-7-16-20(10-15)37-24(28-16)36-19-8-3-13(9-18(19)29(33)34)22-27-17(11-35-22)23(31)32/h1-10,17,22,27H,11H2,(H,26,30)(H,31,32)/t17-,22-/m0/s1. The lowest BCUT2D eigenvalue weighted by Gasteiger charge is -2.12. The zero-order chi connectivity index (χ0) is 26.1. The summed E-state index contributed by atoms with van der Waals surface area (Å²) in [4.78, 5) is 40.1. The molecule has 9 nitrogen and oxygen atoms in total. The number of carbonyl (C=O) groups excluding carboxylic acids is 1. The molecule has 1 fully saturated rings. The Morgan fingerprint density at radius 1 is 1.16 bits per heavy atom. The number of aromatic nitrogens is 1. The summed E-state index contributed by atoms with van der Waals surface area (Å²) < 4.78 is 1.44. The monoisotopic (exact) mass is 572 g/mol. The van der Waals surface area contributed by atoms with Gasteiger partial charge < -0.3 is 10.4 Å². The van der Waals surface area contributed by atoms with Crippen LogP contribution in [-0.4, -0.2) is 38.7 Å². The van der Waals surface area contributed by atoms with Crippen LogP contribution in [0.2, 0.25) is 5.02 Å². The number of carbonyl (C=O) groups is 2. The van der Waals surface area contributed by atoms with Gasteiger partial charge in [0, 0.05) is 28.1 Å². The number of thioether (sulfide) groups is 1. The smallest absolute Gasteiger partial charge is 0.321 e. The summed E-state index contributed by atoms with van der Waals surface area (Å²) in [6.45, 7) is 0. The van der Waals surface area contributed by atoms with E-state index in [0.717, 1.165) is 4.70 Å². The summed E-state index contributed by atoms with van der Waals surface area (Å²) in [5, 5.41) is 27.1. The Morgan fingerprint density at radius 2 is 1.95 bits per heavy atom. The fraction of sp³-hybridized carbons (Fsp3) is 0.125. The van der Waals surface area contributed by atoms with Gasteiger partial charge in [-0.2, -0.15) is 0 Å². The molecule has 188 valence electrons. The predicted molar refractivity (Wildman–Crippen MR) is 146 cm³/mol. The fourth-order valence-corrected chi connectivity index (χ4v) is 7.15. The van der Waals surface area contributed by atoms with Gasteiger partial charge in [-0.25, -0.2) is 4.98 Å². The molecule has 1 aromatic heterocycles. The Morgan fingerprint density at radius 3 is 2.65 bits per heavy atom. The first-order valence-electron chi connectivity index (χ1n) is 10.8. The van der Waals surface area contributed by atoms with Gasteiger partial charge in [0.1, 0.15) is 6.04 Å². The number of aliphatic carboxylic acids is 1. The zero-order valence-electron chi connectivity index (χ0n) is 18.7. The van der Waals surface area contributed by atoms with E-state index in [-0.39, 0.29) is 17.0 Å². The van der Waals surface area contributed by atoms with E-state index in [9.17, 15) is 24.8 Å². The number of nitro benzene ring substituents is 1. The number of nitrogens with zero attached hydrogens (tertiary/aromatic N) is 2. The number of benzene rings is 3. The minimum Gasteiger partial charge on any atom is -0.480 e. The van der Waals surface area contributed by atoms with Crippen LogP contribution in [0.3, 0.4) is 0 Å². The van der Waals surface area contributed by atoms with Crippen molar-refractivity contribution >= 4 is 79.9 Å². The summed E-state index contributed by atoms with van der Waals surface area (Å²) in [5.41, 5.74) is 2.37. The first-order valence-corrected chi connectivity index (χ1v) is 13.9. The number of thiazole rings is 1. The highest BCUT2D eigenvalue weighted by Crippen LogP contribution is 2.42. The van der Waals surface area contributed by atoms with Crippen molar-refractivity contribution in [2.24, 2.45) is 0 Å². The van der Waals surface area contributed by atoms with Gasteiger partial charge in [0.2, 0.25) is 0 Å². The number of nitrogens with one attached hydrogen (secondary N) is 2. The third-order valence-electron chi connectivity index (χ3n) is 5.49. The Bertz CT molecular complexity index is 1530. The largest absolute Gasteiger partial charge is 0.480 e. The maximum Gasteiger partial charge on any atom is 0.321 e. The van der Waals surface area contributed by atoms with E-state index in [1.165, 1.54) is 40.9 Å². The summed E-state index contributed by atoms with van der Waals surface area (Å²) in [5.74, 6) is -0.825. The number of nitro groups is 1. The van der Waals surface area contributed by atoms with Crippen LogP contribution in [0.25, 0.3) is 10.2 Å². The molecule has 4 aromatic rings. The number of rotatable bonds is 7. The van der Waals surface area contributed by atoms with E-state index >= 15 is 0 Å². The molecule has 0 aliphatic carbocycles. The second-order valence-electron chi connectivity index (χ2n) is 7.98. The number of carboxylic acids is 1. The molecule has 5 rings (SSSR count). The summed E-state index contributed by atoms with van der Waals surface area (Å²) >= 11 is 9.84. The molecule has 3 aromatic carbocycles. The van der Waals surface area contributed by atoms with Gasteiger partial charge in [-0.1, -0.05) is 29.4 Å². The molecule has 1 amide bonds. The second-order valence-corrected chi connectivity index (χ2v) is 11.9. The number of hydrogen-bond donors (Lipinski definition) is 3. The highest BCUT2D eigenvalue weighted by atomic mass is 35.5. The third kappa shape index (κ3) is 5.73. The lowest BCUT2D eigenvalue weighted by Crippen LogP contribution is -2.33. The number of hydrogen-bond acceptors (Lipinski definition) is 9. The fourth-order valence-electron chi connectivity index (χ4n) is 3.66. The van der Waals surface area contributed by atoms with E-state index in [1.807, 2.05) is 6.07 Å². The molecular weight excluding hydrogens is 556 g/mol. The number of amides is 1. The van der Waals surface area contributed by atoms with Crippen LogP contribution < -0.4 is 10.6 Å². The van der Waals surface area contributed by atoms with E-state index in [4.69, 9.17) is 11.6 Å². The number of fused-ring (bicyclic) bond motifs is 1. The summed E-state index contributed by atoms with van der Waals surface area (Å²) in [7, 11) is 0. The molecule has 1 saturated heterocycles. The van der Waals surface area contributed by atoms with Crippen LogP contribution in [0.15, 0.2) is 69.9 Å². The molecule has 2 heterocycles. The number of carboxylic acid groups (broad SMARTS) is 1. The van der Waals surface area contributed by atoms with Gasteiger partial charge in [-0.05, 0) is 54.1 Å². The Balaban J connectivity index is 1.34. The average Bonchev–Trinajstić information content (AvgIpc) is 3.51. The van der Waals surface area contributed by atoms with Gasteiger partial charge in [-0.15, -0.1) is 23.1 Å². The second kappa shape index (κ2) is 10.7. The molecule has 37 heavy (non-hydrogen) atoms. The predicted octanol–water partition coefficient (Wildman–Crippen LogP) is 6.05. The topological polar surface area (TPSA) is 134 Å². The SMILES string of the molecule is O=C(Nc1ccc2nc(Sc3ccc([C@H]4N[C@H](C(=O)O)CS4)cc3[N+](=O)[O-])sc2c1)c1ccc(Cl)cc1. The highest BCUT2D eigenvalue weighted by Gasteiger charge is 2.31. The molecule has 2 atom stereocenters. The molecule has 13 heteroatoms. The van der Waals surface area contributed by atoms with Crippen LogP contribution >= 0.6 is 46.5 Å². The lowest BCUT2D eigenvalue weighted by molar-refractivity contribution is -0.387. The van der Waals surface area contributed by atoms with Gasteiger partial charge in [-0.3, -0.25) is 25.0 Å². The first kappa shape index (κ1) is 25.5. The van der Waals surface area contributed by atoms with Crippen molar-refractivity contribution in [3.63, 3.8) is 0 Å². The van der Waals surface area contributed by atoms with Crippen molar-refractivity contribution in [1.82, 2.24) is 10.3 Å². The van der Waals surface area contributed by atoms with E-state index < -0.39 is 16.9 Å². The van der Waals surface area contributed by atoms with Crippen molar-refractivity contribution in [3.8, 4) is 0 Å². The van der Waals surface area contributed by atoms with Crippen molar-refractivity contribution in [2.45, 2.75) is 20.7 Å². The van der Waals surface area contributed by atoms with Gasteiger partial charge >= 0.3 is 5.97 Å². The average molecular weight is 573 g/mol. The molecule has 0 bridgehead atoms. The van der Waals surface area contributed by atoms with Crippen molar-refractivity contribution < 1.29 is 19.6 Å². The van der Waals surface area contributed by atoms with Gasteiger partial charge in [0.15, 0.2) is 4.34 Å². The highest BCUT2D eigenvalue weighted by molar-refractivity contribution is 8.01. The van der Waals surface area contributed by atoms with E-state index in [1.54, 1.807) is 48.5 Å². The minimum absolute atomic E-state index is 0.0705. The summed E-state index contributed by atoms with van der Waals surface area (Å²) in [6, 6.07) is 16.1. The van der Waals surface area contributed by atoms with Crippen molar-refractivity contribution in [1.29, 1.82) is 0 Å². The van der Waals surface area contributed by atoms with Gasteiger partial charge in [0.05, 0.1) is 25.4 Å². The zero-order valence-corrected chi connectivity index (χ0v) is 21.9. The Labute approximate surface area is 227 Å². The van der Waals surface area contributed by atoms with Gasteiger partial charge in [0.25, 0.3) is 11.6 Å². The summed E-state index contributed by atoms with van der Waals surface area (Å²) in [6.07, 6.45) is 0. The normalized spacial score (nSPS) is 17.1. The quantitative estimate of drug-likeness (QED) is 0.179. The molecular formula is C24H17ClN4O5S3. The van der Waals surface area contributed by atoms with Crippen LogP contribution in [0.5, 0.6) is 0 Å². The molecule has 0 spiro atoms. The Hall–Kier alpha value is -3.16. The first-order chi connectivity index (χ1) is 17.8. The minimum atomic E-state index is -0.944. The molecule has 1 aliphatic heterocycles. The molecule has 0 radical (unpaired) electrons. The number of anilines is 1. The third-order valence-corrected chi connectivity index (χ3v) is 9.16. The van der Waals surface area contributed by atoms with Crippen LogP contribution in [0, 0.1) is 10.1 Å². The van der Waals surface area contributed by atoms with Crippen molar-refractivity contribution in [2.75, 3.05) is 11.1 Å². The van der Waals surface area contributed by atoms with Crippen LogP contribution in [-0.2, 0) is 4.79 Å². The molecule has 0 saturated carbocycles. The lowest BCUT2D eigenvalue weighted by atomic mass is 10.2.